The number of anilines is 1. The molecular weight excluding hydrogens is 216 g/mol. The number of rotatable bonds is 5. The van der Waals surface area contributed by atoms with E-state index < -0.39 is 0 Å². The first kappa shape index (κ1) is 13.3. The molecule has 0 aliphatic heterocycles. The van der Waals surface area contributed by atoms with Crippen LogP contribution in [0.25, 0.3) is 0 Å². The SMILES string of the molecule is CCC(CC)N(C)c1cccnc1/C(N)=N/O. The number of amidine groups is 1. The van der Waals surface area contributed by atoms with Crippen LogP contribution in [0, 0.1) is 0 Å². The highest BCUT2D eigenvalue weighted by atomic mass is 16.4. The molecule has 0 saturated carbocycles. The fourth-order valence-corrected chi connectivity index (χ4v) is 1.96. The van der Waals surface area contributed by atoms with Gasteiger partial charge in [-0.3, -0.25) is 4.98 Å². The van der Waals surface area contributed by atoms with Gasteiger partial charge in [-0.1, -0.05) is 19.0 Å². The van der Waals surface area contributed by atoms with Gasteiger partial charge in [-0.25, -0.2) is 0 Å². The van der Waals surface area contributed by atoms with Crippen molar-refractivity contribution >= 4 is 11.5 Å². The maximum atomic E-state index is 8.75. The number of hydrogen-bond acceptors (Lipinski definition) is 4. The number of pyridine rings is 1. The Bertz CT molecular complexity index is 388. The Morgan fingerprint density at radius 3 is 2.71 bits per heavy atom. The van der Waals surface area contributed by atoms with Crippen LogP contribution in [0.5, 0.6) is 0 Å². The average molecular weight is 236 g/mol. The van der Waals surface area contributed by atoms with Crippen molar-refractivity contribution < 1.29 is 5.21 Å². The van der Waals surface area contributed by atoms with Gasteiger partial charge in [0.05, 0.1) is 5.69 Å². The minimum Gasteiger partial charge on any atom is -0.409 e. The molecule has 0 aliphatic carbocycles. The average Bonchev–Trinajstić information content (AvgIpc) is 2.39. The van der Waals surface area contributed by atoms with Crippen LogP contribution in [-0.4, -0.2) is 29.1 Å². The van der Waals surface area contributed by atoms with E-state index in [0.29, 0.717) is 11.7 Å². The molecule has 0 saturated heterocycles. The van der Waals surface area contributed by atoms with E-state index in [1.165, 1.54) is 0 Å². The van der Waals surface area contributed by atoms with E-state index in [0.717, 1.165) is 18.5 Å². The molecule has 0 aromatic carbocycles. The summed E-state index contributed by atoms with van der Waals surface area (Å²) in [5.74, 6) is 0.0402. The van der Waals surface area contributed by atoms with Crippen LogP contribution in [0.3, 0.4) is 0 Å². The predicted octanol–water partition coefficient (Wildman–Crippen LogP) is 1.80. The second-order valence-electron chi connectivity index (χ2n) is 3.94. The monoisotopic (exact) mass is 236 g/mol. The smallest absolute Gasteiger partial charge is 0.190 e. The lowest BCUT2D eigenvalue weighted by Gasteiger charge is -2.29. The van der Waals surface area contributed by atoms with E-state index in [1.807, 2.05) is 19.2 Å². The Morgan fingerprint density at radius 1 is 1.53 bits per heavy atom. The normalized spacial score (nSPS) is 11.9. The van der Waals surface area contributed by atoms with Gasteiger partial charge in [0.15, 0.2) is 5.84 Å². The molecule has 1 aromatic heterocycles. The summed E-state index contributed by atoms with van der Waals surface area (Å²) < 4.78 is 0. The number of nitrogens with zero attached hydrogens (tertiary/aromatic N) is 3. The van der Waals surface area contributed by atoms with Gasteiger partial charge < -0.3 is 15.8 Å². The van der Waals surface area contributed by atoms with Crippen molar-refractivity contribution in [3.8, 4) is 0 Å². The van der Waals surface area contributed by atoms with Crippen molar-refractivity contribution in [3.05, 3.63) is 24.0 Å². The second-order valence-corrected chi connectivity index (χ2v) is 3.94. The topological polar surface area (TPSA) is 74.7 Å². The summed E-state index contributed by atoms with van der Waals surface area (Å²) in [7, 11) is 2.00. The van der Waals surface area contributed by atoms with Crippen molar-refractivity contribution in [2.24, 2.45) is 10.9 Å². The summed E-state index contributed by atoms with van der Waals surface area (Å²) in [5.41, 5.74) is 7.03. The molecule has 1 heterocycles. The summed E-state index contributed by atoms with van der Waals surface area (Å²) in [6, 6.07) is 4.20. The molecule has 0 spiro atoms. The van der Waals surface area contributed by atoms with E-state index in [9.17, 15) is 0 Å². The maximum absolute atomic E-state index is 8.75. The van der Waals surface area contributed by atoms with Gasteiger partial charge >= 0.3 is 0 Å². The van der Waals surface area contributed by atoms with E-state index in [-0.39, 0.29) is 5.84 Å². The van der Waals surface area contributed by atoms with Gasteiger partial charge in [0.1, 0.15) is 5.69 Å². The van der Waals surface area contributed by atoms with Crippen LogP contribution in [0.1, 0.15) is 32.4 Å². The lowest BCUT2D eigenvalue weighted by atomic mass is 10.1. The molecule has 0 bridgehead atoms. The maximum Gasteiger partial charge on any atom is 0.190 e. The highest BCUT2D eigenvalue weighted by Crippen LogP contribution is 2.21. The molecule has 0 radical (unpaired) electrons. The molecule has 0 aliphatic rings. The second kappa shape index (κ2) is 6.08. The number of hydrogen-bond donors (Lipinski definition) is 2. The molecule has 0 fully saturated rings. The van der Waals surface area contributed by atoms with Crippen LogP contribution in [-0.2, 0) is 0 Å². The predicted molar refractivity (Wildman–Crippen MR) is 69.5 cm³/mol. The fraction of sp³-hybridized carbons (Fsp3) is 0.500. The van der Waals surface area contributed by atoms with Crippen molar-refractivity contribution in [1.29, 1.82) is 0 Å². The van der Waals surface area contributed by atoms with Gasteiger partial charge in [0.25, 0.3) is 0 Å². The Balaban J connectivity index is 3.13. The molecule has 1 aromatic rings. The Hall–Kier alpha value is -1.78. The zero-order chi connectivity index (χ0) is 12.8. The van der Waals surface area contributed by atoms with Crippen LogP contribution >= 0.6 is 0 Å². The summed E-state index contributed by atoms with van der Waals surface area (Å²) in [4.78, 5) is 6.29. The first-order valence-electron chi connectivity index (χ1n) is 5.81. The largest absolute Gasteiger partial charge is 0.409 e. The molecule has 94 valence electrons. The van der Waals surface area contributed by atoms with Gasteiger partial charge in [0, 0.05) is 19.3 Å². The minimum atomic E-state index is 0.0402. The first-order valence-corrected chi connectivity index (χ1v) is 5.81. The quantitative estimate of drug-likeness (QED) is 0.354. The van der Waals surface area contributed by atoms with Gasteiger partial charge in [-0.05, 0) is 25.0 Å². The molecular formula is C12H20N4O. The molecule has 0 atom stereocenters. The van der Waals surface area contributed by atoms with Gasteiger partial charge in [0.2, 0.25) is 0 Å². The molecule has 5 heteroatoms. The highest BCUT2D eigenvalue weighted by Gasteiger charge is 2.17. The zero-order valence-corrected chi connectivity index (χ0v) is 10.6. The Kier molecular flexibility index (Phi) is 4.75. The lowest BCUT2D eigenvalue weighted by molar-refractivity contribution is 0.318. The van der Waals surface area contributed by atoms with Gasteiger partial charge in [-0.15, -0.1) is 0 Å². The van der Waals surface area contributed by atoms with Crippen molar-refractivity contribution in [1.82, 2.24) is 4.98 Å². The molecule has 0 amide bonds. The van der Waals surface area contributed by atoms with Crippen molar-refractivity contribution in [3.63, 3.8) is 0 Å². The fourth-order valence-electron chi connectivity index (χ4n) is 1.96. The Labute approximate surface area is 102 Å². The molecule has 0 unspecified atom stereocenters. The van der Waals surface area contributed by atoms with Crippen LogP contribution in [0.2, 0.25) is 0 Å². The van der Waals surface area contributed by atoms with E-state index in [1.54, 1.807) is 6.20 Å². The third kappa shape index (κ3) is 2.87. The third-order valence-electron chi connectivity index (χ3n) is 3.01. The Morgan fingerprint density at radius 2 is 2.18 bits per heavy atom. The number of nitrogens with two attached hydrogens (primary N) is 1. The van der Waals surface area contributed by atoms with Crippen molar-refractivity contribution in [2.45, 2.75) is 32.7 Å². The van der Waals surface area contributed by atoms with Crippen molar-refractivity contribution in [2.75, 3.05) is 11.9 Å². The summed E-state index contributed by atoms with van der Waals surface area (Å²) in [6.07, 6.45) is 3.71. The van der Waals surface area contributed by atoms with Gasteiger partial charge in [-0.2, -0.15) is 0 Å². The number of oxime groups is 1. The first-order chi connectivity index (χ1) is 8.15. The molecule has 1 rings (SSSR count). The summed E-state index contributed by atoms with van der Waals surface area (Å²) >= 11 is 0. The van der Waals surface area contributed by atoms with E-state index >= 15 is 0 Å². The zero-order valence-electron chi connectivity index (χ0n) is 10.6. The van der Waals surface area contributed by atoms with Crippen LogP contribution in [0.4, 0.5) is 5.69 Å². The minimum absolute atomic E-state index is 0.0402. The molecule has 17 heavy (non-hydrogen) atoms. The summed E-state index contributed by atoms with van der Waals surface area (Å²) in [6.45, 7) is 4.29. The lowest BCUT2D eigenvalue weighted by Crippen LogP contribution is -2.32. The van der Waals surface area contributed by atoms with Crippen LogP contribution in [0.15, 0.2) is 23.5 Å². The molecule has 5 nitrogen and oxygen atoms in total. The molecule has 3 N–H and O–H groups in total. The summed E-state index contributed by atoms with van der Waals surface area (Å²) in [5, 5.41) is 11.8. The van der Waals surface area contributed by atoms with E-state index in [4.69, 9.17) is 10.9 Å². The standard InChI is InChI=1S/C12H20N4O/c1-4-9(5-2)16(3)10-7-6-8-14-11(10)12(13)15-17/h6-9,17H,4-5H2,1-3H3,(H2,13,15). The highest BCUT2D eigenvalue weighted by molar-refractivity contribution is 6.00. The number of aromatic nitrogens is 1. The van der Waals surface area contributed by atoms with Crippen LogP contribution < -0.4 is 10.6 Å². The van der Waals surface area contributed by atoms with E-state index in [2.05, 4.69) is 28.9 Å². The third-order valence-corrected chi connectivity index (χ3v) is 3.01.